The molecule has 0 spiro atoms. The number of para-hydroxylation sites is 1. The highest BCUT2D eigenvalue weighted by atomic mass is 16.5. The highest BCUT2D eigenvalue weighted by Crippen LogP contribution is 2.48. The van der Waals surface area contributed by atoms with Crippen molar-refractivity contribution >= 4 is 5.65 Å². The van der Waals surface area contributed by atoms with Gasteiger partial charge < -0.3 is 9.84 Å². The molecule has 0 saturated heterocycles. The third-order valence-electron chi connectivity index (χ3n) is 5.32. The van der Waals surface area contributed by atoms with Gasteiger partial charge >= 0.3 is 0 Å². The molecule has 0 bridgehead atoms. The highest BCUT2D eigenvalue weighted by molar-refractivity contribution is 5.70. The molecule has 0 unspecified atom stereocenters. The number of nitrogens with one attached hydrogen (secondary N) is 1. The van der Waals surface area contributed by atoms with Crippen molar-refractivity contribution < 1.29 is 9.84 Å². The summed E-state index contributed by atoms with van der Waals surface area (Å²) in [5, 5.41) is 26.4. The average molecular weight is 400 g/mol. The van der Waals surface area contributed by atoms with Crippen molar-refractivity contribution in [3.05, 3.63) is 65.4 Å². The number of ether oxygens (including phenoxy) is 1. The lowest BCUT2D eigenvalue weighted by Crippen LogP contribution is -2.14. The highest BCUT2D eigenvalue weighted by Gasteiger charge is 2.37. The topological polar surface area (TPSA) is 119 Å². The molecule has 0 fully saturated rings. The molecule has 1 aliphatic rings. The molecule has 148 valence electrons. The first-order valence-corrected chi connectivity index (χ1v) is 9.35. The molecule has 6 rings (SSSR count). The number of aryl methyl sites for hydroxylation is 2. The monoisotopic (exact) mass is 400 g/mol. The van der Waals surface area contributed by atoms with Gasteiger partial charge in [0, 0.05) is 30.1 Å². The minimum absolute atomic E-state index is 0.114. The molecule has 4 aromatic heterocycles. The molecule has 30 heavy (non-hydrogen) atoms. The second-order valence-corrected chi connectivity index (χ2v) is 7.23. The van der Waals surface area contributed by atoms with Crippen LogP contribution in [0.25, 0.3) is 17.0 Å². The third kappa shape index (κ3) is 2.27. The summed E-state index contributed by atoms with van der Waals surface area (Å²) < 4.78 is 9.35. The SMILES string of the molecule is Cc1[nH]nc2c1[C@@H](c1cnn(C)c1)c1c(ncn3nc(-c4ccccc4O)nc13)O2. The van der Waals surface area contributed by atoms with Crippen molar-refractivity contribution in [2.45, 2.75) is 12.8 Å². The number of benzene rings is 1. The Hall–Kier alpha value is -4.21. The fraction of sp³-hybridized carbons (Fsp3) is 0.150. The van der Waals surface area contributed by atoms with E-state index in [0.717, 1.165) is 22.4 Å². The Morgan fingerprint density at radius 2 is 2.03 bits per heavy atom. The first kappa shape index (κ1) is 16.7. The van der Waals surface area contributed by atoms with Crippen LogP contribution in [0.4, 0.5) is 0 Å². The molecule has 10 heteroatoms. The zero-order chi connectivity index (χ0) is 20.4. The lowest BCUT2D eigenvalue weighted by atomic mass is 9.86. The van der Waals surface area contributed by atoms with Gasteiger partial charge in [-0.15, -0.1) is 10.2 Å². The smallest absolute Gasteiger partial charge is 0.244 e. The second kappa shape index (κ2) is 5.89. The van der Waals surface area contributed by atoms with E-state index in [2.05, 4.69) is 25.4 Å². The Morgan fingerprint density at radius 1 is 1.17 bits per heavy atom. The summed E-state index contributed by atoms with van der Waals surface area (Å²) in [5.74, 6) is 1.21. The fourth-order valence-electron chi connectivity index (χ4n) is 3.96. The predicted octanol–water partition coefficient (Wildman–Crippen LogP) is 2.55. The molecule has 2 N–H and O–H groups in total. The number of hydrogen-bond acceptors (Lipinski definition) is 7. The van der Waals surface area contributed by atoms with E-state index < -0.39 is 0 Å². The lowest BCUT2D eigenvalue weighted by molar-refractivity contribution is 0.416. The van der Waals surface area contributed by atoms with Crippen molar-refractivity contribution in [2.24, 2.45) is 7.05 Å². The average Bonchev–Trinajstić information content (AvgIpc) is 3.45. The van der Waals surface area contributed by atoms with Crippen LogP contribution in [0, 0.1) is 6.92 Å². The zero-order valence-electron chi connectivity index (χ0n) is 16.1. The molecule has 1 aromatic carbocycles. The van der Waals surface area contributed by atoms with Crippen LogP contribution in [-0.2, 0) is 7.05 Å². The number of phenols is 1. The van der Waals surface area contributed by atoms with Crippen LogP contribution in [-0.4, -0.2) is 44.7 Å². The minimum atomic E-state index is -0.228. The largest absolute Gasteiger partial charge is 0.507 e. The summed E-state index contributed by atoms with van der Waals surface area (Å²) in [6.07, 6.45) is 5.33. The van der Waals surface area contributed by atoms with E-state index in [1.165, 1.54) is 0 Å². The summed E-state index contributed by atoms with van der Waals surface area (Å²) in [6, 6.07) is 6.97. The molecule has 5 aromatic rings. The first-order chi connectivity index (χ1) is 14.6. The van der Waals surface area contributed by atoms with Crippen molar-refractivity contribution in [3.63, 3.8) is 0 Å². The van der Waals surface area contributed by atoms with Crippen LogP contribution >= 0.6 is 0 Å². The molecule has 0 radical (unpaired) electrons. The number of aromatic hydroxyl groups is 1. The number of fused-ring (bicyclic) bond motifs is 4. The van der Waals surface area contributed by atoms with E-state index in [1.807, 2.05) is 32.4 Å². The lowest BCUT2D eigenvalue weighted by Gasteiger charge is -2.24. The van der Waals surface area contributed by atoms with Crippen molar-refractivity contribution in [3.8, 4) is 28.9 Å². The van der Waals surface area contributed by atoms with Gasteiger partial charge in [0.05, 0.1) is 23.2 Å². The molecular weight excluding hydrogens is 384 g/mol. The summed E-state index contributed by atoms with van der Waals surface area (Å²) in [5.41, 5.74) is 4.69. The number of hydrogen-bond donors (Lipinski definition) is 2. The molecule has 0 aliphatic carbocycles. The predicted molar refractivity (Wildman–Crippen MR) is 105 cm³/mol. The van der Waals surface area contributed by atoms with Crippen molar-refractivity contribution in [2.75, 3.05) is 0 Å². The maximum atomic E-state index is 10.2. The number of H-pyrrole nitrogens is 1. The van der Waals surface area contributed by atoms with E-state index in [4.69, 9.17) is 9.72 Å². The number of aromatic amines is 1. The number of aromatic nitrogens is 8. The Bertz CT molecular complexity index is 1430. The Kier molecular flexibility index (Phi) is 3.28. The van der Waals surface area contributed by atoms with E-state index in [-0.39, 0.29) is 11.7 Å². The number of rotatable bonds is 2. The fourth-order valence-corrected chi connectivity index (χ4v) is 3.96. The molecule has 5 heterocycles. The van der Waals surface area contributed by atoms with Crippen LogP contribution < -0.4 is 4.74 Å². The van der Waals surface area contributed by atoms with Gasteiger partial charge in [0.25, 0.3) is 0 Å². The minimum Gasteiger partial charge on any atom is -0.507 e. The summed E-state index contributed by atoms with van der Waals surface area (Å²) in [4.78, 5) is 9.20. The molecule has 1 aliphatic heterocycles. The van der Waals surface area contributed by atoms with Gasteiger partial charge in [-0.2, -0.15) is 5.10 Å². The van der Waals surface area contributed by atoms with E-state index in [1.54, 1.807) is 33.7 Å². The van der Waals surface area contributed by atoms with Crippen LogP contribution in [0.1, 0.15) is 28.3 Å². The van der Waals surface area contributed by atoms with Gasteiger partial charge in [0.1, 0.15) is 12.1 Å². The number of phenolic OH excluding ortho intramolecular Hbond substituents is 1. The summed E-state index contributed by atoms with van der Waals surface area (Å²) in [6.45, 7) is 1.95. The van der Waals surface area contributed by atoms with Gasteiger partial charge in [-0.05, 0) is 19.1 Å². The Morgan fingerprint density at radius 3 is 2.83 bits per heavy atom. The van der Waals surface area contributed by atoms with Crippen LogP contribution in [0.15, 0.2) is 43.0 Å². The van der Waals surface area contributed by atoms with Crippen molar-refractivity contribution in [1.82, 2.24) is 39.6 Å². The third-order valence-corrected chi connectivity index (χ3v) is 5.32. The van der Waals surface area contributed by atoms with Gasteiger partial charge in [-0.3, -0.25) is 9.78 Å². The molecule has 0 saturated carbocycles. The van der Waals surface area contributed by atoms with Crippen LogP contribution in [0.3, 0.4) is 0 Å². The standard InChI is InChI=1S/C20H16N8O2/c1-10-14-15(11-7-22-27(2)8-11)16-18-23-17(12-5-3-4-6-13(12)29)26-28(18)9-21-19(16)30-20(14)25-24-10/h3-9,15,29H,1-2H3,(H,24,25)/t15-/m1/s1. The zero-order valence-corrected chi connectivity index (χ0v) is 16.1. The summed E-state index contributed by atoms with van der Waals surface area (Å²) >= 11 is 0. The number of nitrogens with zero attached hydrogens (tertiary/aromatic N) is 7. The van der Waals surface area contributed by atoms with Gasteiger partial charge in [0.15, 0.2) is 11.5 Å². The molecule has 1 atom stereocenters. The van der Waals surface area contributed by atoms with Crippen molar-refractivity contribution in [1.29, 1.82) is 0 Å². The molecule has 10 nitrogen and oxygen atoms in total. The van der Waals surface area contributed by atoms with Crippen LogP contribution in [0.5, 0.6) is 17.5 Å². The van der Waals surface area contributed by atoms with E-state index in [9.17, 15) is 5.11 Å². The Balaban J connectivity index is 1.64. The second-order valence-electron chi connectivity index (χ2n) is 7.23. The maximum Gasteiger partial charge on any atom is 0.244 e. The quantitative estimate of drug-likeness (QED) is 0.458. The normalized spacial score (nSPS) is 15.1. The molecule has 0 amide bonds. The van der Waals surface area contributed by atoms with Gasteiger partial charge in [0.2, 0.25) is 11.8 Å². The van der Waals surface area contributed by atoms with Gasteiger partial charge in [-0.25, -0.2) is 14.5 Å². The Labute approximate surface area is 169 Å². The van der Waals surface area contributed by atoms with Crippen LogP contribution in [0.2, 0.25) is 0 Å². The first-order valence-electron chi connectivity index (χ1n) is 9.35. The molecular formula is C20H16N8O2. The van der Waals surface area contributed by atoms with E-state index >= 15 is 0 Å². The maximum absolute atomic E-state index is 10.2. The van der Waals surface area contributed by atoms with Gasteiger partial charge in [-0.1, -0.05) is 12.1 Å². The van der Waals surface area contributed by atoms with E-state index in [0.29, 0.717) is 28.8 Å². The summed E-state index contributed by atoms with van der Waals surface area (Å²) in [7, 11) is 1.87.